The molecule has 0 aromatic rings. The first-order chi connectivity index (χ1) is 4.20. The monoisotopic (exact) mass is 146 g/mol. The Bertz CT molecular complexity index is 128. The van der Waals surface area contributed by atoms with Crippen molar-refractivity contribution in [3.63, 3.8) is 0 Å². The predicted molar refractivity (Wildman–Crippen MR) is 33.9 cm³/mol. The van der Waals surface area contributed by atoms with Crippen LogP contribution >= 0.6 is 11.8 Å². The van der Waals surface area contributed by atoms with E-state index in [9.17, 15) is 9.90 Å². The van der Waals surface area contributed by atoms with Crippen LogP contribution in [0.3, 0.4) is 0 Å². The van der Waals surface area contributed by atoms with Crippen molar-refractivity contribution in [3.05, 3.63) is 0 Å². The lowest BCUT2D eigenvalue weighted by Crippen LogP contribution is -2.44. The van der Waals surface area contributed by atoms with Crippen molar-refractivity contribution in [3.8, 4) is 0 Å². The largest absolute Gasteiger partial charge is 0.548 e. The molecule has 4 heteroatoms. The quantitative estimate of drug-likeness (QED) is 0.504. The summed E-state index contributed by atoms with van der Waals surface area (Å²) in [5.74, 6) is -0.365. The molecule has 0 spiro atoms. The molecule has 0 aliphatic carbocycles. The third-order valence-electron chi connectivity index (χ3n) is 1.23. The van der Waals surface area contributed by atoms with Gasteiger partial charge in [0.05, 0.1) is 17.4 Å². The number of thioether (sulfide) groups is 1. The van der Waals surface area contributed by atoms with Gasteiger partial charge in [0, 0.05) is 5.75 Å². The standard InChI is InChI=1S/C5H9NO2S/c1-3-6-4(2-9-3)5(7)8/h3-4,6H,2H2,1H3,(H,7,8)/p-1. The molecule has 1 saturated heterocycles. The van der Waals surface area contributed by atoms with Crippen LogP contribution in [0.25, 0.3) is 0 Å². The Labute approximate surface area is 57.8 Å². The number of nitrogens with one attached hydrogen (secondary N) is 1. The molecule has 1 aliphatic rings. The zero-order valence-corrected chi connectivity index (χ0v) is 5.90. The van der Waals surface area contributed by atoms with Gasteiger partial charge in [-0.3, -0.25) is 5.32 Å². The van der Waals surface area contributed by atoms with Crippen LogP contribution in [0.2, 0.25) is 0 Å². The van der Waals surface area contributed by atoms with Crippen molar-refractivity contribution in [2.45, 2.75) is 18.3 Å². The van der Waals surface area contributed by atoms with Crippen LogP contribution in [-0.2, 0) is 4.79 Å². The highest BCUT2D eigenvalue weighted by Crippen LogP contribution is 2.16. The van der Waals surface area contributed by atoms with Gasteiger partial charge in [-0.25, -0.2) is 0 Å². The minimum atomic E-state index is -0.994. The van der Waals surface area contributed by atoms with E-state index in [0.717, 1.165) is 0 Å². The zero-order valence-electron chi connectivity index (χ0n) is 5.09. The summed E-state index contributed by atoms with van der Waals surface area (Å²) >= 11 is 1.60. The number of carbonyl (C=O) groups is 1. The molecule has 3 nitrogen and oxygen atoms in total. The summed E-state index contributed by atoms with van der Waals surface area (Å²) < 4.78 is 0. The Morgan fingerprint density at radius 1 is 1.89 bits per heavy atom. The first-order valence-electron chi connectivity index (χ1n) is 2.78. The van der Waals surface area contributed by atoms with Gasteiger partial charge < -0.3 is 9.90 Å². The molecule has 0 saturated carbocycles. The number of hydrogen-bond donors (Lipinski definition) is 1. The summed E-state index contributed by atoms with van der Waals surface area (Å²) in [6, 6.07) is -0.440. The lowest BCUT2D eigenvalue weighted by Gasteiger charge is -2.10. The summed E-state index contributed by atoms with van der Waals surface area (Å²) in [6.45, 7) is 1.94. The Morgan fingerprint density at radius 2 is 2.56 bits per heavy atom. The second-order valence-electron chi connectivity index (χ2n) is 2.01. The maximum atomic E-state index is 10.2. The van der Waals surface area contributed by atoms with E-state index in [4.69, 9.17) is 0 Å². The number of rotatable bonds is 1. The van der Waals surface area contributed by atoms with E-state index in [-0.39, 0.29) is 5.37 Å². The molecule has 1 N–H and O–H groups in total. The van der Waals surface area contributed by atoms with E-state index in [1.54, 1.807) is 11.8 Å². The second kappa shape index (κ2) is 2.58. The summed E-state index contributed by atoms with van der Waals surface area (Å²) in [6.07, 6.45) is 0. The van der Waals surface area contributed by atoms with E-state index in [1.807, 2.05) is 6.92 Å². The van der Waals surface area contributed by atoms with Crippen LogP contribution in [0.1, 0.15) is 6.92 Å². The van der Waals surface area contributed by atoms with Crippen LogP contribution in [0.15, 0.2) is 0 Å². The average molecular weight is 146 g/mol. The zero-order chi connectivity index (χ0) is 6.85. The number of carboxylic acid groups (broad SMARTS) is 1. The topological polar surface area (TPSA) is 52.2 Å². The van der Waals surface area contributed by atoms with Crippen molar-refractivity contribution in [1.82, 2.24) is 5.32 Å². The third kappa shape index (κ3) is 1.59. The third-order valence-corrected chi connectivity index (χ3v) is 2.40. The van der Waals surface area contributed by atoms with Crippen molar-refractivity contribution in [2.75, 3.05) is 5.75 Å². The Morgan fingerprint density at radius 3 is 2.78 bits per heavy atom. The van der Waals surface area contributed by atoms with Gasteiger partial charge in [-0.2, -0.15) is 0 Å². The molecule has 1 fully saturated rings. The summed E-state index contributed by atoms with van der Waals surface area (Å²) in [7, 11) is 0. The number of carboxylic acids is 1. The van der Waals surface area contributed by atoms with Gasteiger partial charge in [0.15, 0.2) is 0 Å². The molecule has 0 radical (unpaired) electrons. The molecule has 0 bridgehead atoms. The molecule has 2 unspecified atom stereocenters. The predicted octanol–water partition coefficient (Wildman–Crippen LogP) is -1.21. The fourth-order valence-electron chi connectivity index (χ4n) is 0.756. The van der Waals surface area contributed by atoms with E-state index < -0.39 is 12.0 Å². The van der Waals surface area contributed by atoms with Gasteiger partial charge >= 0.3 is 0 Å². The number of hydrogen-bond acceptors (Lipinski definition) is 4. The van der Waals surface area contributed by atoms with Crippen LogP contribution in [0.4, 0.5) is 0 Å². The fourth-order valence-corrected chi connectivity index (χ4v) is 1.73. The molecule has 1 rings (SSSR count). The molecule has 1 heterocycles. The molecule has 1 aliphatic heterocycles. The van der Waals surface area contributed by atoms with Crippen molar-refractivity contribution >= 4 is 17.7 Å². The van der Waals surface area contributed by atoms with E-state index >= 15 is 0 Å². The smallest absolute Gasteiger partial charge is 0.0593 e. The molecule has 52 valence electrons. The maximum absolute atomic E-state index is 10.2. The van der Waals surface area contributed by atoms with Gasteiger partial charge in [-0.05, 0) is 6.92 Å². The molecule has 0 aromatic heterocycles. The molecule has 0 amide bonds. The minimum absolute atomic E-state index is 0.257. The summed E-state index contributed by atoms with van der Waals surface area (Å²) in [5.41, 5.74) is 0. The van der Waals surface area contributed by atoms with Gasteiger partial charge in [0.1, 0.15) is 0 Å². The van der Waals surface area contributed by atoms with Crippen molar-refractivity contribution in [2.24, 2.45) is 0 Å². The van der Waals surface area contributed by atoms with Gasteiger partial charge in [0.25, 0.3) is 0 Å². The Kier molecular flexibility index (Phi) is 1.97. The maximum Gasteiger partial charge on any atom is 0.0593 e. The Balaban J connectivity index is 2.39. The fraction of sp³-hybridized carbons (Fsp3) is 0.800. The van der Waals surface area contributed by atoms with E-state index in [2.05, 4.69) is 5.32 Å². The first-order valence-corrected chi connectivity index (χ1v) is 3.83. The lowest BCUT2D eigenvalue weighted by atomic mass is 10.3. The second-order valence-corrected chi connectivity index (χ2v) is 3.39. The number of aliphatic carboxylic acids is 1. The Hall–Kier alpha value is -0.220. The number of carbonyl (C=O) groups excluding carboxylic acids is 1. The molecule has 2 atom stereocenters. The SMILES string of the molecule is CC1NC(C(=O)[O-])CS1. The van der Waals surface area contributed by atoms with Gasteiger partial charge in [-0.1, -0.05) is 0 Å². The normalized spacial score (nSPS) is 34.8. The highest BCUT2D eigenvalue weighted by molar-refractivity contribution is 8.00. The highest BCUT2D eigenvalue weighted by Gasteiger charge is 2.20. The van der Waals surface area contributed by atoms with Crippen LogP contribution in [-0.4, -0.2) is 23.1 Å². The lowest BCUT2D eigenvalue weighted by molar-refractivity contribution is -0.307. The van der Waals surface area contributed by atoms with Crippen LogP contribution in [0.5, 0.6) is 0 Å². The highest BCUT2D eigenvalue weighted by atomic mass is 32.2. The minimum Gasteiger partial charge on any atom is -0.548 e. The summed E-state index contributed by atoms with van der Waals surface area (Å²) in [4.78, 5) is 10.2. The molecule has 9 heavy (non-hydrogen) atoms. The van der Waals surface area contributed by atoms with Crippen LogP contribution in [0, 0.1) is 0 Å². The molecular formula is C5H8NO2S-. The van der Waals surface area contributed by atoms with E-state index in [0.29, 0.717) is 5.75 Å². The van der Waals surface area contributed by atoms with E-state index in [1.165, 1.54) is 0 Å². The molecule has 0 aromatic carbocycles. The summed E-state index contributed by atoms with van der Waals surface area (Å²) in [5, 5.41) is 13.3. The van der Waals surface area contributed by atoms with Gasteiger partial charge in [-0.15, -0.1) is 11.8 Å². The average Bonchev–Trinajstić information content (AvgIpc) is 2.14. The van der Waals surface area contributed by atoms with Crippen molar-refractivity contribution in [1.29, 1.82) is 0 Å². The molecular weight excluding hydrogens is 138 g/mol. The van der Waals surface area contributed by atoms with Crippen molar-refractivity contribution < 1.29 is 9.90 Å². The van der Waals surface area contributed by atoms with Gasteiger partial charge in [0.2, 0.25) is 0 Å². The van der Waals surface area contributed by atoms with Crippen LogP contribution < -0.4 is 10.4 Å². The first kappa shape index (κ1) is 6.89.